The van der Waals surface area contributed by atoms with Gasteiger partial charge in [0.2, 0.25) is 82.7 Å². The number of aromatic hydroxyl groups is 2. The zero-order chi connectivity index (χ0) is 100. The molecule has 3 saturated heterocycles. The van der Waals surface area contributed by atoms with Crippen molar-refractivity contribution in [1.29, 1.82) is 0 Å². The van der Waals surface area contributed by atoms with Crippen molar-refractivity contribution >= 4 is 150 Å². The maximum absolute atomic E-state index is 15.1. The summed E-state index contributed by atoms with van der Waals surface area (Å²) in [6, 6.07) is -11.9. The molecule has 3 aliphatic heterocycles. The molecule has 2 aromatic heterocycles. The number of phenolic OH excluding ortho intramolecular Hbond substituents is 2. The van der Waals surface area contributed by atoms with Crippen LogP contribution >= 0.6 is 43.2 Å². The molecule has 50 heteroatoms. The van der Waals surface area contributed by atoms with Crippen LogP contribution in [-0.2, 0) is 102 Å². The molecule has 4 aromatic rings. The van der Waals surface area contributed by atoms with E-state index in [9.17, 15) is 68.4 Å². The highest BCUT2D eigenvalue weighted by molar-refractivity contribution is 8.77. The lowest BCUT2D eigenvalue weighted by atomic mass is 9.96. The van der Waals surface area contributed by atoms with Crippen molar-refractivity contribution in [3.63, 3.8) is 0 Å². The van der Waals surface area contributed by atoms with Gasteiger partial charge in [0.1, 0.15) is 96.1 Å². The predicted molar refractivity (Wildman–Crippen MR) is 510 cm³/mol. The van der Waals surface area contributed by atoms with Crippen LogP contribution in [0.25, 0.3) is 0 Å². The SMILES string of the molecule is CC[C@H](C)[C@H]1NC(=O)[C@H](Cc2ccc(O)cc2)NC(=O)[C@@H](C(C)C)NC(=O)[C@H](CCCN=C(N)N)NC(=O)[C@@H](N)CSSC[C@H](N)C(=O)N[C@@H](CCCN=C(N)N)C(=O)N[C@H](C(C)C)C(=O)N[C@@H](Cc2ccc(O)cc2)C(=O)N[C@H]([C@@H](C)CC)C(=O)N[C@@H](Cc2c[nH]cn2)C(=O)N2CCC[C@@H]2C(=O)N[C@@H](C(=O)O)CSSC[C@H](C(=O)O)NC(=O)[C@H]2CCCN2C(=O)[C@H](Cc2c[nH]cn2)NC1=O. The average molecular weight is 1980 g/mol. The molecular formula is C86H130N26O20S4. The minimum Gasteiger partial charge on any atom is -0.508 e. The van der Waals surface area contributed by atoms with Gasteiger partial charge in [0, 0.05) is 87.3 Å². The Balaban J connectivity index is 1.21. The van der Waals surface area contributed by atoms with E-state index in [1.54, 1.807) is 55.4 Å². The number of guanidine groups is 2. The number of carbonyl (C=O) groups excluding carboxylic acids is 14. The molecule has 0 radical (unpaired) electrons. The minimum absolute atomic E-state index is 0.00859. The first-order chi connectivity index (χ1) is 64.6. The maximum Gasteiger partial charge on any atom is 0.327 e. The van der Waals surface area contributed by atoms with Crippen LogP contribution in [0.5, 0.6) is 11.5 Å². The van der Waals surface area contributed by atoms with E-state index in [4.69, 9.17) is 34.4 Å². The van der Waals surface area contributed by atoms with E-state index in [0.717, 1.165) is 43.2 Å². The molecule has 136 heavy (non-hydrogen) atoms. The van der Waals surface area contributed by atoms with Crippen molar-refractivity contribution in [3.8, 4) is 11.5 Å². The van der Waals surface area contributed by atoms with Crippen molar-refractivity contribution in [2.24, 2.45) is 68.1 Å². The van der Waals surface area contributed by atoms with Crippen LogP contribution in [0.1, 0.15) is 142 Å². The van der Waals surface area contributed by atoms with Gasteiger partial charge in [-0.25, -0.2) is 19.6 Å². The highest BCUT2D eigenvalue weighted by atomic mass is 33.1. The molecule has 0 spiro atoms. The van der Waals surface area contributed by atoms with Gasteiger partial charge in [-0.05, 0) is 110 Å². The Kier molecular flexibility index (Phi) is 44.9. The van der Waals surface area contributed by atoms with E-state index in [1.165, 1.54) is 83.4 Å². The molecule has 748 valence electrons. The van der Waals surface area contributed by atoms with Crippen LogP contribution in [-0.4, -0.2) is 303 Å². The number of aliphatic carboxylic acids is 2. The number of aliphatic imine (C=N–C) groups is 2. The molecule has 0 unspecified atom stereocenters. The van der Waals surface area contributed by atoms with Crippen LogP contribution in [0.4, 0.5) is 0 Å². The second-order valence-electron chi connectivity index (χ2n) is 34.3. The summed E-state index contributed by atoms with van der Waals surface area (Å²) >= 11 is 0. The lowest BCUT2D eigenvalue weighted by Crippen LogP contribution is -2.62. The third-order valence-corrected chi connectivity index (χ3v) is 28.0. The Bertz CT molecular complexity index is 4470. The van der Waals surface area contributed by atoms with Gasteiger partial charge in [-0.15, -0.1) is 0 Å². The fraction of sp³-hybridized carbons (Fsp3) is 0.581. The second kappa shape index (κ2) is 55.1. The third-order valence-electron chi connectivity index (χ3n) is 23.1. The Labute approximate surface area is 802 Å². The first-order valence-corrected chi connectivity index (χ1v) is 49.9. The lowest BCUT2D eigenvalue weighted by Gasteiger charge is -2.32. The third kappa shape index (κ3) is 34.9. The number of rotatable bonds is 24. The zero-order valence-electron chi connectivity index (χ0n) is 77.1. The van der Waals surface area contributed by atoms with Gasteiger partial charge in [0.15, 0.2) is 11.9 Å². The van der Waals surface area contributed by atoms with E-state index >= 15 is 28.8 Å². The molecular weight excluding hydrogens is 1850 g/mol. The van der Waals surface area contributed by atoms with Crippen molar-refractivity contribution in [1.82, 2.24) is 93.5 Å². The molecule has 5 heterocycles. The number of imidazole rings is 2. The summed E-state index contributed by atoms with van der Waals surface area (Å²) in [4.78, 5) is 257. The molecule has 0 aliphatic carbocycles. The monoisotopic (exact) mass is 1970 g/mol. The predicted octanol–water partition coefficient (Wildman–Crippen LogP) is -3.27. The molecule has 14 amide bonds. The topological polar surface area (TPSA) is 743 Å². The van der Waals surface area contributed by atoms with Gasteiger partial charge in [-0.2, -0.15) is 0 Å². The summed E-state index contributed by atoms with van der Waals surface area (Å²) in [6.07, 6.45) is 5.56. The molecule has 3 fully saturated rings. The highest BCUT2D eigenvalue weighted by Crippen LogP contribution is 2.29. The number of fused-ring (bicyclic) bond motifs is 2. The van der Waals surface area contributed by atoms with Crippen LogP contribution in [0.2, 0.25) is 0 Å². The first kappa shape index (κ1) is 111. The second-order valence-corrected chi connectivity index (χ2v) is 39.4. The number of H-pyrrole nitrogens is 2. The number of benzene rings is 2. The summed E-state index contributed by atoms with van der Waals surface area (Å²) in [5.41, 5.74) is 36.8. The number of carboxylic acids is 2. The molecule has 0 bridgehead atoms. The number of nitrogens with two attached hydrogens (primary N) is 6. The van der Waals surface area contributed by atoms with E-state index in [1.807, 2.05) is 0 Å². The number of aromatic nitrogens is 4. The number of carbonyl (C=O) groups is 16. The summed E-state index contributed by atoms with van der Waals surface area (Å²) < 4.78 is 0. The van der Waals surface area contributed by atoms with Gasteiger partial charge in [-0.1, -0.05) is 136 Å². The zero-order valence-corrected chi connectivity index (χ0v) is 80.4. The fourth-order valence-corrected chi connectivity index (χ4v) is 19.5. The highest BCUT2D eigenvalue weighted by Gasteiger charge is 2.45. The van der Waals surface area contributed by atoms with E-state index < -0.39 is 215 Å². The Morgan fingerprint density at radius 2 is 0.728 bits per heavy atom. The van der Waals surface area contributed by atoms with Gasteiger partial charge >= 0.3 is 11.9 Å². The van der Waals surface area contributed by atoms with Gasteiger partial charge in [-0.3, -0.25) is 77.1 Å². The summed E-state index contributed by atoms with van der Waals surface area (Å²) in [6.45, 7) is 13.1. The van der Waals surface area contributed by atoms with E-state index in [2.05, 4.69) is 93.7 Å². The quantitative estimate of drug-likeness (QED) is 0.0142. The smallest absolute Gasteiger partial charge is 0.327 e. The molecule has 46 nitrogen and oxygen atoms in total. The summed E-state index contributed by atoms with van der Waals surface area (Å²) in [7, 11) is 3.73. The van der Waals surface area contributed by atoms with Gasteiger partial charge in [0.25, 0.3) is 0 Å². The summed E-state index contributed by atoms with van der Waals surface area (Å²) in [5, 5.41) is 73.9. The Morgan fingerprint density at radius 1 is 0.412 bits per heavy atom. The molecule has 30 N–H and O–H groups in total. The number of hydrogen-bond donors (Lipinski definition) is 24. The lowest BCUT2D eigenvalue weighted by molar-refractivity contribution is -0.144. The molecule has 7 rings (SSSR count). The van der Waals surface area contributed by atoms with Crippen LogP contribution in [0, 0.1) is 23.7 Å². The number of hydrogen-bond acceptors (Lipinski definition) is 28. The van der Waals surface area contributed by atoms with Crippen molar-refractivity contribution in [2.75, 3.05) is 49.2 Å². The molecule has 3 aliphatic rings. The number of aromatic amines is 2. The largest absolute Gasteiger partial charge is 0.508 e. The Morgan fingerprint density at radius 3 is 1.04 bits per heavy atom. The number of nitrogens with zero attached hydrogens (tertiary/aromatic N) is 6. The van der Waals surface area contributed by atoms with Gasteiger partial charge in [0.05, 0.1) is 36.1 Å². The van der Waals surface area contributed by atoms with Crippen molar-refractivity contribution < 1.29 is 97.1 Å². The number of carboxylic acid groups (broad SMARTS) is 2. The minimum atomic E-state index is -1.65. The van der Waals surface area contributed by atoms with Crippen molar-refractivity contribution in [3.05, 3.63) is 96.1 Å². The van der Waals surface area contributed by atoms with Crippen molar-refractivity contribution in [2.45, 2.75) is 242 Å². The summed E-state index contributed by atoms with van der Waals surface area (Å²) in [5.74, 6) is -19.9. The average Bonchev–Trinajstić information content (AvgIpc) is 1.63. The number of amides is 14. The molecule has 2 aromatic carbocycles. The normalized spacial score (nSPS) is 26.0. The Hall–Kier alpha value is -12.2. The van der Waals surface area contributed by atoms with Crippen LogP contribution in [0.3, 0.4) is 0 Å². The van der Waals surface area contributed by atoms with Gasteiger partial charge < -0.3 is 138 Å². The van der Waals surface area contributed by atoms with Crippen LogP contribution < -0.4 is 98.2 Å². The van der Waals surface area contributed by atoms with Crippen LogP contribution in [0.15, 0.2) is 83.6 Å². The number of nitrogens with one attached hydrogen (secondary N) is 14. The molecule has 18 atom stereocenters. The van der Waals surface area contributed by atoms with E-state index in [-0.39, 0.29) is 174 Å². The maximum atomic E-state index is 15.1. The number of phenols is 2. The first-order valence-electron chi connectivity index (χ1n) is 44.9. The standard InChI is InChI=1S/C86H130N26O20S4/c1-9-45(7)67-79(125)103-59(33-49-35-93-41-97-49)81(127)111-29-13-17-63(111)75(121)105-61(83(129)130)39-135-136-40-62(84(131)132)106-76(122)64-18-14-30-112(64)82(128)60(34-50-36-94-42-98-50)104-80(126)68(46(8)10-2)110-74(120)58(32-48-21-25-52(114)26-22-48)102-78(124)66(44(5)6)108-72(118)56(16-12-28-96-86(91)92)100-70(116)54(88)38-134-133-37-53(87)69(115)99-55(15-11-27-95-85(89)90)71(117)107-65(43(3)4)77(123)101-57(73(119)109-67)31-47-19-23-51(113)24-20-47/h19-26,35-36,41-46,53-68,113-114H,9-18,27-34,37-40,87-88H2,1-8H3,(H,93,97)(H,94,98)(H,99,115)(H,100,116)(H,101,123)(H,102,124)(H,103,125)(H,104,126)(H,105,121)(H,106,122)(H,107,117)(H,108,118)(H,109,119)(H,110,120)(H,129,130)(H,131,132)(H4,89,90,95)(H4,91,92,96)/t45-,46-,53-,54-,55-,56-,57-,58-,59-,60-,61+,62+,63+,64+,65+,66+,67+,68+/m0/s1. The van der Waals surface area contributed by atoms with E-state index in [0.29, 0.717) is 11.1 Å². The molecule has 0 saturated carbocycles. The fourth-order valence-electron chi connectivity index (χ4n) is 14.9.